The number of benzene rings is 2. The summed E-state index contributed by atoms with van der Waals surface area (Å²) in [7, 11) is 0. The van der Waals surface area contributed by atoms with E-state index in [1.165, 1.54) is 0 Å². The fourth-order valence-corrected chi connectivity index (χ4v) is 3.38. The monoisotopic (exact) mass is 396 g/mol. The summed E-state index contributed by atoms with van der Waals surface area (Å²) in [6.07, 6.45) is 0.695. The molecule has 0 unspecified atom stereocenters. The topological polar surface area (TPSA) is 76.7 Å². The molecule has 3 rings (SSSR count). The first-order valence-electron chi connectivity index (χ1n) is 10.1. The van der Waals surface area contributed by atoms with Gasteiger partial charge in [0.15, 0.2) is 0 Å². The van der Waals surface area contributed by atoms with Gasteiger partial charge in [0, 0.05) is 17.5 Å². The van der Waals surface area contributed by atoms with Crippen molar-refractivity contribution in [3.8, 4) is 11.5 Å². The van der Waals surface area contributed by atoms with E-state index in [1.807, 2.05) is 45.0 Å². The molecule has 1 aliphatic heterocycles. The Morgan fingerprint density at radius 2 is 1.86 bits per heavy atom. The molecule has 0 aliphatic carbocycles. The number of carbonyl (C=O) groups excluding carboxylic acids is 2. The van der Waals surface area contributed by atoms with Crippen LogP contribution in [0, 0.1) is 5.92 Å². The molecule has 2 aromatic rings. The van der Waals surface area contributed by atoms with E-state index in [9.17, 15) is 9.59 Å². The van der Waals surface area contributed by atoms with Crippen molar-refractivity contribution in [3.05, 3.63) is 59.7 Å². The van der Waals surface area contributed by atoms with E-state index in [2.05, 4.69) is 10.6 Å². The molecule has 2 N–H and O–H groups in total. The molecule has 6 nitrogen and oxygen atoms in total. The van der Waals surface area contributed by atoms with E-state index in [0.29, 0.717) is 30.9 Å². The predicted molar refractivity (Wildman–Crippen MR) is 111 cm³/mol. The van der Waals surface area contributed by atoms with Gasteiger partial charge >= 0.3 is 0 Å². The van der Waals surface area contributed by atoms with Gasteiger partial charge in [0.05, 0.1) is 19.3 Å². The van der Waals surface area contributed by atoms with Gasteiger partial charge in [0.1, 0.15) is 17.5 Å². The molecule has 0 bridgehead atoms. The number of carbonyl (C=O) groups is 2. The summed E-state index contributed by atoms with van der Waals surface area (Å²) in [5.74, 6) is 0.968. The van der Waals surface area contributed by atoms with Gasteiger partial charge < -0.3 is 20.1 Å². The van der Waals surface area contributed by atoms with Gasteiger partial charge in [0.25, 0.3) is 5.91 Å². The fourth-order valence-electron chi connectivity index (χ4n) is 3.38. The standard InChI is InChI=1S/C23H28N2O4/c1-4-28-17-11-9-16(10-12-17)22(26)25-21(15(2)3)23(27)24-19-13-14-29-20-8-6-5-7-18(19)20/h5-12,15,19,21H,4,13-14H2,1-3H3,(H,24,27)(H,25,26)/t19-,21-/m0/s1. The molecule has 2 amide bonds. The van der Waals surface area contributed by atoms with Gasteiger partial charge in [-0.2, -0.15) is 0 Å². The molecule has 0 aromatic heterocycles. The van der Waals surface area contributed by atoms with E-state index in [4.69, 9.17) is 9.47 Å². The third-order valence-corrected chi connectivity index (χ3v) is 4.94. The quantitative estimate of drug-likeness (QED) is 0.751. The molecule has 29 heavy (non-hydrogen) atoms. The van der Waals surface area contributed by atoms with Crippen LogP contribution in [-0.4, -0.2) is 31.1 Å². The van der Waals surface area contributed by atoms with E-state index < -0.39 is 6.04 Å². The Hall–Kier alpha value is -3.02. The number of fused-ring (bicyclic) bond motifs is 1. The van der Waals surface area contributed by atoms with Crippen LogP contribution in [0.1, 0.15) is 49.2 Å². The summed E-state index contributed by atoms with van der Waals surface area (Å²) in [6, 6.07) is 13.8. The van der Waals surface area contributed by atoms with E-state index in [0.717, 1.165) is 11.3 Å². The third kappa shape index (κ3) is 5.08. The van der Waals surface area contributed by atoms with E-state index in [1.54, 1.807) is 24.3 Å². The Labute approximate surface area is 171 Å². The van der Waals surface area contributed by atoms with Gasteiger partial charge in [0.2, 0.25) is 5.91 Å². The highest BCUT2D eigenvalue weighted by Crippen LogP contribution is 2.31. The summed E-state index contributed by atoms with van der Waals surface area (Å²) in [5, 5.41) is 5.96. The largest absolute Gasteiger partial charge is 0.494 e. The molecule has 154 valence electrons. The molecule has 0 radical (unpaired) electrons. The Kier molecular flexibility index (Phi) is 6.75. The lowest BCUT2D eigenvalue weighted by molar-refractivity contribution is -0.124. The van der Waals surface area contributed by atoms with Crippen LogP contribution in [0.2, 0.25) is 0 Å². The number of hydrogen-bond acceptors (Lipinski definition) is 4. The summed E-state index contributed by atoms with van der Waals surface area (Å²) in [6.45, 7) is 6.86. The average Bonchev–Trinajstić information content (AvgIpc) is 2.72. The average molecular weight is 396 g/mol. The highest BCUT2D eigenvalue weighted by Gasteiger charge is 2.29. The second-order valence-electron chi connectivity index (χ2n) is 7.39. The lowest BCUT2D eigenvalue weighted by Gasteiger charge is -2.29. The second kappa shape index (κ2) is 9.45. The maximum absolute atomic E-state index is 13.0. The maximum Gasteiger partial charge on any atom is 0.251 e. The third-order valence-electron chi connectivity index (χ3n) is 4.94. The van der Waals surface area contributed by atoms with Gasteiger partial charge in [-0.1, -0.05) is 32.0 Å². The first-order chi connectivity index (χ1) is 14.0. The maximum atomic E-state index is 13.0. The Bertz CT molecular complexity index is 848. The van der Waals surface area contributed by atoms with Crippen LogP contribution in [-0.2, 0) is 4.79 Å². The van der Waals surface area contributed by atoms with Crippen molar-refractivity contribution in [2.45, 2.75) is 39.3 Å². The van der Waals surface area contributed by atoms with E-state index in [-0.39, 0.29) is 23.8 Å². The summed E-state index contributed by atoms with van der Waals surface area (Å²) in [4.78, 5) is 25.7. The molecular weight excluding hydrogens is 368 g/mol. The van der Waals surface area contributed by atoms with E-state index >= 15 is 0 Å². The smallest absolute Gasteiger partial charge is 0.251 e. The minimum absolute atomic E-state index is 0.0586. The summed E-state index contributed by atoms with van der Waals surface area (Å²) < 4.78 is 11.1. The molecule has 2 aromatic carbocycles. The first kappa shape index (κ1) is 20.7. The SMILES string of the molecule is CCOc1ccc(C(=O)N[C@H](C(=O)N[C@H]2CCOc3ccccc32)C(C)C)cc1. The van der Waals surface area contributed by atoms with Crippen molar-refractivity contribution in [1.82, 2.24) is 10.6 Å². The lowest BCUT2D eigenvalue weighted by Crippen LogP contribution is -2.50. The molecule has 0 fully saturated rings. The highest BCUT2D eigenvalue weighted by molar-refractivity contribution is 5.97. The molecule has 0 saturated heterocycles. The predicted octanol–water partition coefficient (Wildman–Crippen LogP) is 3.48. The number of amides is 2. The van der Waals surface area contributed by atoms with Crippen LogP contribution in [0.25, 0.3) is 0 Å². The number of ether oxygens (including phenoxy) is 2. The molecular formula is C23H28N2O4. The summed E-state index contributed by atoms with van der Waals surface area (Å²) >= 11 is 0. The number of para-hydroxylation sites is 1. The highest BCUT2D eigenvalue weighted by atomic mass is 16.5. The summed E-state index contributed by atoms with van der Waals surface area (Å²) in [5.41, 5.74) is 1.45. The normalized spacial score (nSPS) is 16.3. The van der Waals surface area contributed by atoms with Gasteiger partial charge in [-0.25, -0.2) is 0 Å². The fraction of sp³-hybridized carbons (Fsp3) is 0.391. The van der Waals surface area contributed by atoms with Crippen LogP contribution < -0.4 is 20.1 Å². The molecule has 0 saturated carbocycles. The molecule has 6 heteroatoms. The molecule has 1 heterocycles. The van der Waals surface area contributed by atoms with Crippen molar-refractivity contribution in [1.29, 1.82) is 0 Å². The zero-order valence-corrected chi connectivity index (χ0v) is 17.1. The van der Waals surface area contributed by atoms with Gasteiger partial charge in [-0.15, -0.1) is 0 Å². The molecule has 1 aliphatic rings. The van der Waals surface area contributed by atoms with Crippen molar-refractivity contribution >= 4 is 11.8 Å². The molecule has 2 atom stereocenters. The second-order valence-corrected chi connectivity index (χ2v) is 7.39. The minimum Gasteiger partial charge on any atom is -0.494 e. The number of hydrogen-bond donors (Lipinski definition) is 2. The zero-order chi connectivity index (χ0) is 20.8. The first-order valence-corrected chi connectivity index (χ1v) is 10.1. The molecule has 0 spiro atoms. The number of nitrogens with one attached hydrogen (secondary N) is 2. The van der Waals surface area contributed by atoms with Crippen LogP contribution in [0.3, 0.4) is 0 Å². The Balaban J connectivity index is 1.68. The van der Waals surface area contributed by atoms with Crippen molar-refractivity contribution in [2.75, 3.05) is 13.2 Å². The van der Waals surface area contributed by atoms with Crippen molar-refractivity contribution in [2.24, 2.45) is 5.92 Å². The van der Waals surface area contributed by atoms with Crippen molar-refractivity contribution < 1.29 is 19.1 Å². The van der Waals surface area contributed by atoms with Gasteiger partial charge in [-0.05, 0) is 43.2 Å². The van der Waals surface area contributed by atoms with Crippen LogP contribution >= 0.6 is 0 Å². The van der Waals surface area contributed by atoms with Crippen LogP contribution in [0.5, 0.6) is 11.5 Å². The Morgan fingerprint density at radius 3 is 2.55 bits per heavy atom. The Morgan fingerprint density at radius 1 is 1.14 bits per heavy atom. The lowest BCUT2D eigenvalue weighted by atomic mass is 9.98. The zero-order valence-electron chi connectivity index (χ0n) is 17.1. The van der Waals surface area contributed by atoms with Crippen LogP contribution in [0.15, 0.2) is 48.5 Å². The minimum atomic E-state index is -0.635. The van der Waals surface area contributed by atoms with Gasteiger partial charge in [-0.3, -0.25) is 9.59 Å². The van der Waals surface area contributed by atoms with Crippen molar-refractivity contribution in [3.63, 3.8) is 0 Å². The van der Waals surface area contributed by atoms with Crippen LogP contribution in [0.4, 0.5) is 0 Å². The number of rotatable bonds is 7.